The van der Waals surface area contributed by atoms with E-state index < -0.39 is 0 Å². The number of rotatable bonds is 7. The Hall–Kier alpha value is -1.40. The Bertz CT molecular complexity index is 559. The van der Waals surface area contributed by atoms with Crippen molar-refractivity contribution in [3.8, 4) is 0 Å². The van der Waals surface area contributed by atoms with Gasteiger partial charge in [-0.25, -0.2) is 0 Å². The van der Waals surface area contributed by atoms with Gasteiger partial charge in [-0.1, -0.05) is 28.1 Å². The molecule has 1 aromatic rings. The lowest BCUT2D eigenvalue weighted by Crippen LogP contribution is -2.32. The molecule has 1 saturated heterocycles. The van der Waals surface area contributed by atoms with Gasteiger partial charge in [0.1, 0.15) is 0 Å². The number of ether oxygens (including phenoxy) is 1. The van der Waals surface area contributed by atoms with E-state index in [9.17, 15) is 9.59 Å². The lowest BCUT2D eigenvalue weighted by Gasteiger charge is -2.23. The number of piperidine rings is 1. The van der Waals surface area contributed by atoms with Gasteiger partial charge in [-0.15, -0.1) is 0 Å². The first-order valence-electron chi connectivity index (χ1n) is 8.41. The summed E-state index contributed by atoms with van der Waals surface area (Å²) in [6, 6.07) is 7.27. The summed E-state index contributed by atoms with van der Waals surface area (Å²) >= 11 is 3.43. The molecule has 0 aliphatic carbocycles. The second-order valence-corrected chi connectivity index (χ2v) is 7.10. The molecule has 0 aromatic heterocycles. The minimum atomic E-state index is -0.365. The zero-order chi connectivity index (χ0) is 17.4. The zero-order valence-electron chi connectivity index (χ0n) is 14.0. The number of carbonyl (C=O) groups is 2. The first-order valence-corrected chi connectivity index (χ1v) is 9.20. The highest BCUT2D eigenvalue weighted by Crippen LogP contribution is 2.22. The fourth-order valence-electron chi connectivity index (χ4n) is 3.00. The number of esters is 1. The van der Waals surface area contributed by atoms with E-state index in [1.54, 1.807) is 0 Å². The predicted molar refractivity (Wildman–Crippen MR) is 96.5 cm³/mol. The van der Waals surface area contributed by atoms with E-state index in [1.807, 2.05) is 24.3 Å². The summed E-state index contributed by atoms with van der Waals surface area (Å²) in [4.78, 5) is 24.0. The summed E-state index contributed by atoms with van der Waals surface area (Å²) in [6.07, 6.45) is 3.79. The van der Waals surface area contributed by atoms with Crippen molar-refractivity contribution in [2.24, 2.45) is 5.92 Å². The summed E-state index contributed by atoms with van der Waals surface area (Å²) in [7, 11) is 1.36. The van der Waals surface area contributed by atoms with Crippen LogP contribution in [0.5, 0.6) is 0 Å². The number of amides is 1. The SMILES string of the molecule is COC(=O)CC(NC(=O)CCC1CCNCC1)c1cccc(Br)c1. The topological polar surface area (TPSA) is 67.4 Å². The first-order chi connectivity index (χ1) is 11.6. The Labute approximate surface area is 151 Å². The van der Waals surface area contributed by atoms with E-state index in [-0.39, 0.29) is 24.3 Å². The molecule has 2 N–H and O–H groups in total. The standard InChI is InChI=1S/C18H25BrN2O3/c1-24-18(23)12-16(14-3-2-4-15(19)11-14)21-17(22)6-5-13-7-9-20-10-8-13/h2-4,11,13,16,20H,5-10,12H2,1H3,(H,21,22). The van der Waals surface area contributed by atoms with Gasteiger partial charge in [0, 0.05) is 10.9 Å². The average molecular weight is 397 g/mol. The molecule has 6 heteroatoms. The quantitative estimate of drug-likeness (QED) is 0.695. The molecule has 1 heterocycles. The van der Waals surface area contributed by atoms with E-state index in [2.05, 4.69) is 26.6 Å². The zero-order valence-corrected chi connectivity index (χ0v) is 15.6. The van der Waals surface area contributed by atoms with Gasteiger partial charge in [0.15, 0.2) is 0 Å². The number of nitrogens with one attached hydrogen (secondary N) is 2. The van der Waals surface area contributed by atoms with Crippen LogP contribution in [0.3, 0.4) is 0 Å². The van der Waals surface area contributed by atoms with Crippen LogP contribution in [0, 0.1) is 5.92 Å². The van der Waals surface area contributed by atoms with Crippen LogP contribution >= 0.6 is 15.9 Å². The number of hydrogen-bond donors (Lipinski definition) is 2. The predicted octanol–water partition coefficient (Wildman–Crippen LogP) is 2.95. The van der Waals surface area contributed by atoms with Crippen LogP contribution in [-0.2, 0) is 14.3 Å². The van der Waals surface area contributed by atoms with Crippen molar-refractivity contribution in [3.05, 3.63) is 34.3 Å². The summed E-state index contributed by atoms with van der Waals surface area (Å²) in [5, 5.41) is 6.32. The lowest BCUT2D eigenvalue weighted by atomic mass is 9.93. The van der Waals surface area contributed by atoms with Crippen LogP contribution in [-0.4, -0.2) is 32.1 Å². The molecule has 24 heavy (non-hydrogen) atoms. The van der Waals surface area contributed by atoms with Crippen molar-refractivity contribution in [2.75, 3.05) is 20.2 Å². The number of carbonyl (C=O) groups excluding carboxylic acids is 2. The molecule has 0 spiro atoms. The van der Waals surface area contributed by atoms with Crippen molar-refractivity contribution in [2.45, 2.75) is 38.1 Å². The molecule has 0 radical (unpaired) electrons. The molecule has 1 fully saturated rings. The highest BCUT2D eigenvalue weighted by Gasteiger charge is 2.20. The Kier molecular flexibility index (Phi) is 7.72. The van der Waals surface area contributed by atoms with E-state index in [1.165, 1.54) is 7.11 Å². The highest BCUT2D eigenvalue weighted by atomic mass is 79.9. The molecular weight excluding hydrogens is 372 g/mol. The second kappa shape index (κ2) is 9.79. The van der Waals surface area contributed by atoms with Crippen LogP contribution in [0.15, 0.2) is 28.7 Å². The van der Waals surface area contributed by atoms with Crippen LogP contribution in [0.25, 0.3) is 0 Å². The van der Waals surface area contributed by atoms with Crippen molar-refractivity contribution >= 4 is 27.8 Å². The minimum Gasteiger partial charge on any atom is -0.469 e. The molecule has 5 nitrogen and oxygen atoms in total. The summed E-state index contributed by atoms with van der Waals surface area (Å²) in [5.74, 6) is 0.267. The van der Waals surface area contributed by atoms with Gasteiger partial charge in [0.2, 0.25) is 5.91 Å². The molecule has 1 aliphatic heterocycles. The summed E-state index contributed by atoms with van der Waals surface area (Å²) in [6.45, 7) is 2.07. The Morgan fingerprint density at radius 2 is 2.12 bits per heavy atom. The molecule has 2 rings (SSSR count). The fraction of sp³-hybridized carbons (Fsp3) is 0.556. The normalized spacial score (nSPS) is 16.4. The van der Waals surface area contributed by atoms with Crippen molar-refractivity contribution in [1.82, 2.24) is 10.6 Å². The summed E-state index contributed by atoms with van der Waals surface area (Å²) in [5.41, 5.74) is 0.894. The number of halogens is 1. The number of benzene rings is 1. The Morgan fingerprint density at radius 1 is 1.38 bits per heavy atom. The van der Waals surface area contributed by atoms with Gasteiger partial charge in [0.05, 0.1) is 19.6 Å². The highest BCUT2D eigenvalue weighted by molar-refractivity contribution is 9.10. The minimum absolute atomic E-state index is 0.0117. The van der Waals surface area contributed by atoms with Gasteiger partial charge >= 0.3 is 5.97 Å². The van der Waals surface area contributed by atoms with Gasteiger partial charge in [-0.3, -0.25) is 9.59 Å². The second-order valence-electron chi connectivity index (χ2n) is 6.19. The van der Waals surface area contributed by atoms with Crippen molar-refractivity contribution < 1.29 is 14.3 Å². The van der Waals surface area contributed by atoms with Crippen LogP contribution < -0.4 is 10.6 Å². The maximum atomic E-state index is 12.3. The van der Waals surface area contributed by atoms with E-state index >= 15 is 0 Å². The fourth-order valence-corrected chi connectivity index (χ4v) is 3.41. The Balaban J connectivity index is 1.93. The first kappa shape index (κ1) is 18.9. The Morgan fingerprint density at radius 3 is 2.79 bits per heavy atom. The van der Waals surface area contributed by atoms with Crippen LogP contribution in [0.2, 0.25) is 0 Å². The summed E-state index contributed by atoms with van der Waals surface area (Å²) < 4.78 is 5.68. The third kappa shape index (κ3) is 6.24. The van der Waals surface area contributed by atoms with Crippen LogP contribution in [0.4, 0.5) is 0 Å². The molecule has 132 valence electrons. The number of methoxy groups -OCH3 is 1. The maximum absolute atomic E-state index is 12.3. The van der Waals surface area contributed by atoms with Gasteiger partial charge < -0.3 is 15.4 Å². The van der Waals surface area contributed by atoms with Gasteiger partial charge in [0.25, 0.3) is 0 Å². The molecule has 1 atom stereocenters. The smallest absolute Gasteiger partial charge is 0.307 e. The largest absolute Gasteiger partial charge is 0.469 e. The lowest BCUT2D eigenvalue weighted by molar-refractivity contribution is -0.141. The number of hydrogen-bond acceptors (Lipinski definition) is 4. The van der Waals surface area contributed by atoms with Crippen molar-refractivity contribution in [3.63, 3.8) is 0 Å². The third-order valence-electron chi connectivity index (χ3n) is 4.42. The van der Waals surface area contributed by atoms with Crippen LogP contribution in [0.1, 0.15) is 43.7 Å². The van der Waals surface area contributed by atoms with Crippen molar-refractivity contribution in [1.29, 1.82) is 0 Å². The molecule has 1 unspecified atom stereocenters. The third-order valence-corrected chi connectivity index (χ3v) is 4.92. The monoisotopic (exact) mass is 396 g/mol. The molecule has 1 aliphatic rings. The van der Waals surface area contributed by atoms with E-state index in [4.69, 9.17) is 4.74 Å². The maximum Gasteiger partial charge on any atom is 0.307 e. The molecular formula is C18H25BrN2O3. The van der Waals surface area contributed by atoms with E-state index in [0.717, 1.165) is 42.4 Å². The molecule has 0 bridgehead atoms. The van der Waals surface area contributed by atoms with E-state index in [0.29, 0.717) is 12.3 Å². The molecule has 1 aromatic carbocycles. The average Bonchev–Trinajstić information content (AvgIpc) is 2.60. The molecule has 1 amide bonds. The van der Waals surface area contributed by atoms with Gasteiger partial charge in [-0.05, 0) is 56.0 Å². The van der Waals surface area contributed by atoms with Gasteiger partial charge in [-0.2, -0.15) is 0 Å². The molecule has 0 saturated carbocycles.